The monoisotopic (exact) mass is 456 g/mol. The number of halogens is 2. The van der Waals surface area contributed by atoms with Gasteiger partial charge >= 0.3 is 6.16 Å². The molecule has 0 saturated carbocycles. The molecule has 5 nitrogen and oxygen atoms in total. The minimum Gasteiger partial charge on any atom is -0.449 e. The van der Waals surface area contributed by atoms with Gasteiger partial charge in [-0.25, -0.2) is 4.79 Å². The molecule has 0 aromatic heterocycles. The van der Waals surface area contributed by atoms with Crippen LogP contribution >= 0.6 is 45.2 Å². The number of hydrogen-bond donors (Lipinski definition) is 1. The first-order chi connectivity index (χ1) is 8.01. The van der Waals surface area contributed by atoms with Gasteiger partial charge in [-0.05, 0) is 58.2 Å². The summed E-state index contributed by atoms with van der Waals surface area (Å²) in [4.78, 5) is 14.6. The average molecular weight is 456 g/mol. The minimum absolute atomic E-state index is 0.207. The van der Waals surface area contributed by atoms with E-state index in [-0.39, 0.29) is 5.75 Å². The number of nitriles is 1. The highest BCUT2D eigenvalue weighted by atomic mass is 127. The molecule has 0 saturated heterocycles. The van der Waals surface area contributed by atoms with E-state index in [4.69, 9.17) is 10.4 Å². The normalized spacial score (nSPS) is 10.2. The van der Waals surface area contributed by atoms with Crippen molar-refractivity contribution in [3.05, 3.63) is 18.8 Å². The summed E-state index contributed by atoms with van der Waals surface area (Å²) in [6.07, 6.45) is 0.146. The Morgan fingerprint density at radius 2 is 2.29 bits per heavy atom. The van der Waals surface area contributed by atoms with Crippen LogP contribution in [0.3, 0.4) is 0 Å². The third kappa shape index (κ3) is 3.29. The fraction of sp³-hybridized carbons (Fsp3) is 0.100. The van der Waals surface area contributed by atoms with Crippen molar-refractivity contribution in [2.24, 2.45) is 4.99 Å². The molecule has 0 bridgehead atoms. The molecule has 88 valence electrons. The number of carbonyl (C=O) groups is 1. The molecule has 1 aromatic carbocycles. The van der Waals surface area contributed by atoms with Crippen LogP contribution in [-0.4, -0.2) is 17.5 Å². The summed E-state index contributed by atoms with van der Waals surface area (Å²) < 4.78 is 5.74. The number of carboxylic acid groups (broad SMARTS) is 1. The lowest BCUT2D eigenvalue weighted by molar-refractivity contribution is 0.144. The Balaban J connectivity index is 3.49. The molecule has 0 amide bonds. The van der Waals surface area contributed by atoms with E-state index in [1.54, 1.807) is 13.0 Å². The highest BCUT2D eigenvalue weighted by Gasteiger charge is 2.18. The maximum absolute atomic E-state index is 10.6. The summed E-state index contributed by atoms with van der Waals surface area (Å²) >= 11 is 3.83. The van der Waals surface area contributed by atoms with Crippen molar-refractivity contribution in [2.45, 2.75) is 6.92 Å². The van der Waals surface area contributed by atoms with Crippen LogP contribution in [0.1, 0.15) is 12.5 Å². The summed E-state index contributed by atoms with van der Waals surface area (Å²) in [5.41, 5.74) is 0.807. The van der Waals surface area contributed by atoms with Crippen LogP contribution in [0.15, 0.2) is 11.1 Å². The number of nitrogens with zero attached hydrogens (tertiary/aromatic N) is 2. The largest absolute Gasteiger partial charge is 0.511 e. The second-order valence-corrected chi connectivity index (χ2v) is 5.01. The summed E-state index contributed by atoms with van der Waals surface area (Å²) in [5, 5.41) is 17.6. The predicted octanol–water partition coefficient (Wildman–Crippen LogP) is 3.55. The zero-order chi connectivity index (χ0) is 13.0. The maximum Gasteiger partial charge on any atom is 0.511 e. The molecule has 17 heavy (non-hydrogen) atoms. The second-order valence-electron chi connectivity index (χ2n) is 2.76. The maximum atomic E-state index is 10.6. The van der Waals surface area contributed by atoms with E-state index < -0.39 is 6.16 Å². The molecule has 1 rings (SSSR count). The molecule has 0 aliphatic heterocycles. The first-order valence-corrected chi connectivity index (χ1v) is 6.48. The summed E-state index contributed by atoms with van der Waals surface area (Å²) in [5.74, 6) is 0.207. The molecular formula is C10H6I2N2O3. The molecule has 0 heterocycles. The van der Waals surface area contributed by atoms with E-state index in [9.17, 15) is 4.79 Å². The van der Waals surface area contributed by atoms with Gasteiger partial charge in [-0.3, -0.25) is 4.99 Å². The van der Waals surface area contributed by atoms with Gasteiger partial charge in [-0.1, -0.05) is 0 Å². The Morgan fingerprint density at radius 3 is 2.76 bits per heavy atom. The van der Waals surface area contributed by atoms with E-state index in [1.165, 1.54) is 6.21 Å². The van der Waals surface area contributed by atoms with E-state index in [0.29, 0.717) is 18.4 Å². The SMILES string of the molecule is CC=Nc1c(C#N)cc(I)c(OC(=O)O)c1I. The summed E-state index contributed by atoms with van der Waals surface area (Å²) in [6.45, 7) is 1.72. The van der Waals surface area contributed by atoms with Gasteiger partial charge in [-0.2, -0.15) is 5.26 Å². The Bertz CT molecular complexity index is 535. The summed E-state index contributed by atoms with van der Waals surface area (Å²) in [6, 6.07) is 3.56. The first-order valence-electron chi connectivity index (χ1n) is 4.32. The van der Waals surface area contributed by atoms with E-state index >= 15 is 0 Å². The van der Waals surface area contributed by atoms with Gasteiger partial charge in [0.15, 0.2) is 5.75 Å². The Hall–Kier alpha value is -0.890. The molecule has 0 aliphatic rings. The molecule has 0 radical (unpaired) electrons. The molecule has 0 aliphatic carbocycles. The van der Waals surface area contributed by atoms with E-state index in [1.807, 2.05) is 51.3 Å². The van der Waals surface area contributed by atoms with Gasteiger partial charge in [0.05, 0.1) is 18.4 Å². The molecule has 0 fully saturated rings. The topological polar surface area (TPSA) is 82.7 Å². The Kier molecular flexibility index (Phi) is 5.13. The molecular weight excluding hydrogens is 450 g/mol. The molecule has 7 heteroatoms. The van der Waals surface area contributed by atoms with Gasteiger partial charge in [-0.15, -0.1) is 0 Å². The number of hydrogen-bond acceptors (Lipinski definition) is 4. The Morgan fingerprint density at radius 1 is 1.65 bits per heavy atom. The fourth-order valence-electron chi connectivity index (χ4n) is 1.11. The lowest BCUT2D eigenvalue weighted by Gasteiger charge is -2.09. The average Bonchev–Trinajstić information content (AvgIpc) is 2.27. The van der Waals surface area contributed by atoms with Crippen LogP contribution in [0.2, 0.25) is 0 Å². The van der Waals surface area contributed by atoms with Crippen molar-refractivity contribution in [2.75, 3.05) is 0 Å². The summed E-state index contributed by atoms with van der Waals surface area (Å²) in [7, 11) is 0. The fourth-order valence-corrected chi connectivity index (χ4v) is 3.15. The van der Waals surface area contributed by atoms with Gasteiger partial charge in [0.1, 0.15) is 6.07 Å². The number of ether oxygens (including phenoxy) is 1. The zero-order valence-corrected chi connectivity index (χ0v) is 12.9. The second kappa shape index (κ2) is 6.15. The van der Waals surface area contributed by atoms with Crippen molar-refractivity contribution in [1.29, 1.82) is 5.26 Å². The van der Waals surface area contributed by atoms with Gasteiger partial charge in [0, 0.05) is 6.21 Å². The third-order valence-electron chi connectivity index (χ3n) is 1.72. The van der Waals surface area contributed by atoms with Gasteiger partial charge in [0.2, 0.25) is 0 Å². The van der Waals surface area contributed by atoms with Crippen molar-refractivity contribution in [3.8, 4) is 11.8 Å². The lowest BCUT2D eigenvalue weighted by Crippen LogP contribution is -2.06. The first kappa shape index (κ1) is 14.2. The number of benzene rings is 1. The van der Waals surface area contributed by atoms with Crippen LogP contribution in [0.25, 0.3) is 0 Å². The van der Waals surface area contributed by atoms with E-state index in [2.05, 4.69) is 9.73 Å². The van der Waals surface area contributed by atoms with Crippen LogP contribution < -0.4 is 4.74 Å². The zero-order valence-electron chi connectivity index (χ0n) is 8.57. The van der Waals surface area contributed by atoms with Crippen LogP contribution in [-0.2, 0) is 0 Å². The standard InChI is InChI=1S/C10H6I2N2O3/c1-2-14-8-5(4-13)3-6(11)9(7(8)12)17-10(15)16/h2-3H,1H3,(H,15,16). The van der Waals surface area contributed by atoms with Gasteiger partial charge < -0.3 is 9.84 Å². The lowest BCUT2D eigenvalue weighted by atomic mass is 10.2. The quantitative estimate of drug-likeness (QED) is 0.320. The van der Waals surface area contributed by atoms with Crippen LogP contribution in [0.4, 0.5) is 10.5 Å². The van der Waals surface area contributed by atoms with E-state index in [0.717, 1.165) is 0 Å². The molecule has 0 unspecified atom stereocenters. The van der Waals surface area contributed by atoms with Crippen molar-refractivity contribution < 1.29 is 14.6 Å². The molecule has 1 N–H and O–H groups in total. The third-order valence-corrected chi connectivity index (χ3v) is 3.52. The number of rotatable bonds is 2. The van der Waals surface area contributed by atoms with Crippen molar-refractivity contribution in [1.82, 2.24) is 0 Å². The van der Waals surface area contributed by atoms with Crippen LogP contribution in [0.5, 0.6) is 5.75 Å². The Labute approximate surface area is 125 Å². The highest BCUT2D eigenvalue weighted by molar-refractivity contribution is 14.1. The molecule has 0 spiro atoms. The molecule has 1 aromatic rings. The molecule has 0 atom stereocenters. The van der Waals surface area contributed by atoms with Crippen LogP contribution in [0, 0.1) is 18.5 Å². The van der Waals surface area contributed by atoms with Gasteiger partial charge in [0.25, 0.3) is 0 Å². The smallest absolute Gasteiger partial charge is 0.449 e. The van der Waals surface area contributed by atoms with Crippen molar-refractivity contribution >= 4 is 63.2 Å². The minimum atomic E-state index is -1.39. The highest BCUT2D eigenvalue weighted by Crippen LogP contribution is 2.37. The van der Waals surface area contributed by atoms with Crippen molar-refractivity contribution in [3.63, 3.8) is 0 Å². The number of aliphatic imine (C=N–C) groups is 1. The predicted molar refractivity (Wildman–Crippen MR) is 79.1 cm³/mol.